The van der Waals surface area contributed by atoms with Crippen molar-refractivity contribution in [1.82, 2.24) is 14.7 Å². The van der Waals surface area contributed by atoms with Gasteiger partial charge in [0.1, 0.15) is 23.9 Å². The first-order valence-corrected chi connectivity index (χ1v) is 13.2. The van der Waals surface area contributed by atoms with Crippen molar-refractivity contribution in [2.45, 2.75) is 53.4 Å². The number of benzene rings is 2. The number of carbonyl (C=O) groups is 2. The van der Waals surface area contributed by atoms with Gasteiger partial charge in [-0.05, 0) is 49.1 Å². The van der Waals surface area contributed by atoms with E-state index in [9.17, 15) is 9.59 Å². The summed E-state index contributed by atoms with van der Waals surface area (Å²) in [5.74, 6) is 1.67. The molecule has 0 bridgehead atoms. The summed E-state index contributed by atoms with van der Waals surface area (Å²) in [4.78, 5) is 28.2. The van der Waals surface area contributed by atoms with Crippen LogP contribution in [0.2, 0.25) is 0 Å². The van der Waals surface area contributed by atoms with E-state index in [1.165, 1.54) is 12.0 Å². The van der Waals surface area contributed by atoms with Gasteiger partial charge in [-0.2, -0.15) is 5.10 Å². The Labute approximate surface area is 231 Å². The molecule has 0 saturated heterocycles. The molecule has 0 saturated carbocycles. The number of rotatable bonds is 10. The minimum Gasteiger partial charge on any atom is -0.497 e. The molecule has 0 fully saturated rings. The molecule has 210 valence electrons. The van der Waals surface area contributed by atoms with E-state index in [1.54, 1.807) is 30.0 Å². The SMILES string of the molecule is COc1ccc(NC(=O)N(CCC(C)C)CC(=O)Nc2cc(C(C)(C)C)nn2-c2cccc(C)c2)c(OC)c1. The van der Waals surface area contributed by atoms with Crippen molar-refractivity contribution in [3.63, 3.8) is 0 Å². The molecule has 1 heterocycles. The molecule has 0 atom stereocenters. The maximum absolute atomic E-state index is 13.3. The molecule has 3 amide bonds. The highest BCUT2D eigenvalue weighted by molar-refractivity contribution is 5.97. The van der Waals surface area contributed by atoms with Crippen LogP contribution in [-0.2, 0) is 10.2 Å². The predicted octanol–water partition coefficient (Wildman–Crippen LogP) is 6.01. The molecule has 0 aliphatic carbocycles. The number of hydrogen-bond acceptors (Lipinski definition) is 5. The first-order valence-electron chi connectivity index (χ1n) is 13.2. The summed E-state index contributed by atoms with van der Waals surface area (Å²) in [5, 5.41) is 10.7. The molecule has 0 aliphatic rings. The van der Waals surface area contributed by atoms with Crippen LogP contribution < -0.4 is 20.1 Å². The van der Waals surface area contributed by atoms with Crippen LogP contribution in [0.3, 0.4) is 0 Å². The summed E-state index contributed by atoms with van der Waals surface area (Å²) in [7, 11) is 3.09. The Bertz CT molecular complexity index is 1290. The second-order valence-electron chi connectivity index (χ2n) is 11.1. The maximum Gasteiger partial charge on any atom is 0.322 e. The third-order valence-corrected chi connectivity index (χ3v) is 6.24. The van der Waals surface area contributed by atoms with Gasteiger partial charge in [-0.1, -0.05) is 46.8 Å². The van der Waals surface area contributed by atoms with Gasteiger partial charge >= 0.3 is 6.03 Å². The van der Waals surface area contributed by atoms with E-state index in [0.717, 1.165) is 23.4 Å². The highest BCUT2D eigenvalue weighted by atomic mass is 16.5. The third-order valence-electron chi connectivity index (χ3n) is 6.24. The van der Waals surface area contributed by atoms with Crippen molar-refractivity contribution < 1.29 is 19.1 Å². The van der Waals surface area contributed by atoms with Crippen LogP contribution in [-0.4, -0.2) is 53.9 Å². The molecule has 3 rings (SSSR count). The van der Waals surface area contributed by atoms with Gasteiger partial charge in [0.15, 0.2) is 0 Å². The Morgan fingerprint density at radius 2 is 1.77 bits per heavy atom. The Morgan fingerprint density at radius 1 is 1.03 bits per heavy atom. The number of anilines is 2. The van der Waals surface area contributed by atoms with E-state index in [-0.39, 0.29) is 17.9 Å². The molecule has 0 aliphatic heterocycles. The summed E-state index contributed by atoms with van der Waals surface area (Å²) >= 11 is 0. The first kappa shape index (κ1) is 29.5. The van der Waals surface area contributed by atoms with Crippen LogP contribution in [0.15, 0.2) is 48.5 Å². The number of amides is 3. The monoisotopic (exact) mass is 535 g/mol. The van der Waals surface area contributed by atoms with Gasteiger partial charge in [-0.25, -0.2) is 9.48 Å². The molecule has 0 unspecified atom stereocenters. The fourth-order valence-corrected chi connectivity index (χ4v) is 3.91. The van der Waals surface area contributed by atoms with Crippen molar-refractivity contribution >= 4 is 23.4 Å². The van der Waals surface area contributed by atoms with Crippen LogP contribution in [0.25, 0.3) is 5.69 Å². The van der Waals surface area contributed by atoms with Crippen LogP contribution in [0.1, 0.15) is 52.3 Å². The Kier molecular flexibility index (Phi) is 9.61. The topological polar surface area (TPSA) is 97.7 Å². The largest absolute Gasteiger partial charge is 0.497 e. The van der Waals surface area contributed by atoms with Crippen LogP contribution in [0.5, 0.6) is 11.5 Å². The summed E-state index contributed by atoms with van der Waals surface area (Å²) < 4.78 is 12.4. The average Bonchev–Trinajstić information content (AvgIpc) is 3.30. The van der Waals surface area contributed by atoms with Crippen molar-refractivity contribution in [3.05, 3.63) is 59.8 Å². The van der Waals surface area contributed by atoms with Gasteiger partial charge in [0.05, 0.1) is 31.3 Å². The number of nitrogens with one attached hydrogen (secondary N) is 2. The molecule has 9 nitrogen and oxygen atoms in total. The van der Waals surface area contributed by atoms with E-state index in [1.807, 2.05) is 37.3 Å². The minimum absolute atomic E-state index is 0.124. The Balaban J connectivity index is 1.84. The maximum atomic E-state index is 13.3. The summed E-state index contributed by atoms with van der Waals surface area (Å²) in [6, 6.07) is 14.6. The minimum atomic E-state index is -0.392. The normalized spacial score (nSPS) is 11.3. The zero-order valence-corrected chi connectivity index (χ0v) is 24.3. The van der Waals surface area contributed by atoms with Crippen molar-refractivity contribution in [2.24, 2.45) is 5.92 Å². The van der Waals surface area contributed by atoms with Crippen molar-refractivity contribution in [2.75, 3.05) is 37.9 Å². The summed E-state index contributed by atoms with van der Waals surface area (Å²) in [5.41, 5.74) is 3.06. The van der Waals surface area contributed by atoms with E-state index in [2.05, 4.69) is 45.3 Å². The number of carbonyl (C=O) groups excluding carboxylic acids is 2. The second kappa shape index (κ2) is 12.7. The number of aryl methyl sites for hydroxylation is 1. The molecule has 39 heavy (non-hydrogen) atoms. The van der Waals surface area contributed by atoms with Gasteiger partial charge in [0.2, 0.25) is 5.91 Å². The second-order valence-corrected chi connectivity index (χ2v) is 11.1. The first-order chi connectivity index (χ1) is 18.4. The quantitative estimate of drug-likeness (QED) is 0.331. The zero-order valence-electron chi connectivity index (χ0n) is 24.3. The standard InChI is InChI=1S/C30H41N5O4/c1-20(2)14-15-34(29(37)31-24-13-12-23(38-7)17-25(24)39-8)19-28(36)32-27-18-26(30(4,5)6)33-35(27)22-11-9-10-21(3)16-22/h9-13,16-18,20H,14-15,19H2,1-8H3,(H,31,37)(H,32,36). The average molecular weight is 536 g/mol. The van der Waals surface area contributed by atoms with Gasteiger partial charge in [-0.3, -0.25) is 4.79 Å². The highest BCUT2D eigenvalue weighted by Crippen LogP contribution is 2.30. The third kappa shape index (κ3) is 7.99. The number of urea groups is 1. The molecule has 2 aromatic carbocycles. The smallest absolute Gasteiger partial charge is 0.322 e. The van der Waals surface area contributed by atoms with E-state index >= 15 is 0 Å². The Hall–Kier alpha value is -4.01. The number of nitrogens with zero attached hydrogens (tertiary/aromatic N) is 3. The van der Waals surface area contributed by atoms with Gasteiger partial charge in [0, 0.05) is 24.1 Å². The summed E-state index contributed by atoms with van der Waals surface area (Å²) in [6.07, 6.45) is 0.746. The van der Waals surface area contributed by atoms with Crippen molar-refractivity contribution in [3.8, 4) is 17.2 Å². The molecular weight excluding hydrogens is 494 g/mol. The molecule has 0 radical (unpaired) electrons. The molecule has 2 N–H and O–H groups in total. The van der Waals surface area contributed by atoms with Gasteiger partial charge in [0.25, 0.3) is 0 Å². The number of aromatic nitrogens is 2. The highest BCUT2D eigenvalue weighted by Gasteiger charge is 2.24. The molecule has 1 aromatic heterocycles. The van der Waals surface area contributed by atoms with Crippen LogP contribution >= 0.6 is 0 Å². The zero-order chi connectivity index (χ0) is 28.7. The van der Waals surface area contributed by atoms with E-state index in [4.69, 9.17) is 14.6 Å². The lowest BCUT2D eigenvalue weighted by molar-refractivity contribution is -0.116. The summed E-state index contributed by atoms with van der Waals surface area (Å²) in [6.45, 7) is 12.7. The molecule has 3 aromatic rings. The predicted molar refractivity (Wildman–Crippen MR) is 155 cm³/mol. The van der Waals surface area contributed by atoms with Gasteiger partial charge < -0.3 is 25.0 Å². The van der Waals surface area contributed by atoms with Crippen LogP contribution in [0.4, 0.5) is 16.3 Å². The lowest BCUT2D eigenvalue weighted by Gasteiger charge is -2.24. The number of ether oxygens (including phenoxy) is 2. The lowest BCUT2D eigenvalue weighted by atomic mass is 9.92. The molecular formula is C30H41N5O4. The molecule has 9 heteroatoms. The van der Waals surface area contributed by atoms with Crippen LogP contribution in [0, 0.1) is 12.8 Å². The van der Waals surface area contributed by atoms with E-state index < -0.39 is 6.03 Å². The fourth-order valence-electron chi connectivity index (χ4n) is 3.91. The fraction of sp³-hybridized carbons (Fsp3) is 0.433. The molecule has 0 spiro atoms. The number of methoxy groups -OCH3 is 2. The number of hydrogen-bond donors (Lipinski definition) is 2. The Morgan fingerprint density at radius 3 is 2.38 bits per heavy atom. The van der Waals surface area contributed by atoms with Gasteiger partial charge in [-0.15, -0.1) is 0 Å². The van der Waals surface area contributed by atoms with Crippen molar-refractivity contribution in [1.29, 1.82) is 0 Å². The lowest BCUT2D eigenvalue weighted by Crippen LogP contribution is -2.41. The van der Waals surface area contributed by atoms with E-state index in [0.29, 0.717) is 35.5 Å².